The highest BCUT2D eigenvalue weighted by Gasteiger charge is 2.07. The van der Waals surface area contributed by atoms with Gasteiger partial charge < -0.3 is 9.73 Å². The zero-order valence-corrected chi connectivity index (χ0v) is 12.9. The summed E-state index contributed by atoms with van der Waals surface area (Å²) in [6, 6.07) is 8.68. The van der Waals surface area contributed by atoms with Crippen LogP contribution in [-0.4, -0.2) is 15.2 Å². The van der Waals surface area contributed by atoms with Crippen molar-refractivity contribution in [2.24, 2.45) is 5.92 Å². The van der Waals surface area contributed by atoms with E-state index in [9.17, 15) is 0 Å². The maximum atomic E-state index is 5.62. The molecule has 0 bridgehead atoms. The third kappa shape index (κ3) is 3.42. The SMILES string of the molecule is CC(C)CCc1nnc(NCc2cccc3cnccc23)o1. The summed E-state index contributed by atoms with van der Waals surface area (Å²) in [4.78, 5) is 4.15. The number of nitrogens with one attached hydrogen (secondary N) is 1. The van der Waals surface area contributed by atoms with E-state index in [1.165, 1.54) is 10.9 Å². The summed E-state index contributed by atoms with van der Waals surface area (Å²) >= 11 is 0. The molecule has 114 valence electrons. The van der Waals surface area contributed by atoms with Crippen LogP contribution in [-0.2, 0) is 13.0 Å². The second-order valence-corrected chi connectivity index (χ2v) is 5.80. The summed E-state index contributed by atoms with van der Waals surface area (Å²) in [7, 11) is 0. The van der Waals surface area contributed by atoms with E-state index in [0.717, 1.165) is 18.2 Å². The van der Waals surface area contributed by atoms with Gasteiger partial charge in [0.1, 0.15) is 0 Å². The van der Waals surface area contributed by atoms with Crippen molar-refractivity contribution in [1.29, 1.82) is 0 Å². The number of nitrogens with zero attached hydrogens (tertiary/aromatic N) is 3. The van der Waals surface area contributed by atoms with Crippen molar-refractivity contribution in [3.63, 3.8) is 0 Å². The number of aromatic nitrogens is 3. The van der Waals surface area contributed by atoms with Gasteiger partial charge in [-0.05, 0) is 29.4 Å². The Labute approximate surface area is 129 Å². The number of fused-ring (bicyclic) bond motifs is 1. The predicted octanol–water partition coefficient (Wildman–Crippen LogP) is 3.82. The van der Waals surface area contributed by atoms with Gasteiger partial charge >= 0.3 is 6.01 Å². The number of benzene rings is 1. The topological polar surface area (TPSA) is 63.8 Å². The summed E-state index contributed by atoms with van der Waals surface area (Å²) in [5.41, 5.74) is 1.18. The van der Waals surface area contributed by atoms with Crippen LogP contribution < -0.4 is 5.32 Å². The molecule has 0 saturated heterocycles. The summed E-state index contributed by atoms with van der Waals surface area (Å²) in [5, 5.41) is 13.6. The third-order valence-corrected chi connectivity index (χ3v) is 3.60. The van der Waals surface area contributed by atoms with Gasteiger partial charge in [-0.25, -0.2) is 0 Å². The summed E-state index contributed by atoms with van der Waals surface area (Å²) in [6.07, 6.45) is 5.56. The first-order valence-corrected chi connectivity index (χ1v) is 7.60. The van der Waals surface area contributed by atoms with E-state index in [-0.39, 0.29) is 0 Å². The van der Waals surface area contributed by atoms with E-state index in [0.29, 0.717) is 24.4 Å². The molecule has 2 aromatic heterocycles. The van der Waals surface area contributed by atoms with Gasteiger partial charge in [0.05, 0.1) is 0 Å². The van der Waals surface area contributed by atoms with Crippen LogP contribution in [0, 0.1) is 5.92 Å². The summed E-state index contributed by atoms with van der Waals surface area (Å²) < 4.78 is 5.62. The molecule has 0 radical (unpaired) electrons. The standard InChI is InChI=1S/C17H20N4O/c1-12(2)6-7-16-20-21-17(22-16)19-11-14-5-3-4-13-10-18-9-8-15(13)14/h3-5,8-10,12H,6-7,11H2,1-2H3,(H,19,21). The molecule has 0 amide bonds. The van der Waals surface area contributed by atoms with Crippen molar-refractivity contribution in [1.82, 2.24) is 15.2 Å². The Kier molecular flexibility index (Phi) is 4.32. The van der Waals surface area contributed by atoms with Gasteiger partial charge in [0.25, 0.3) is 0 Å². The van der Waals surface area contributed by atoms with Crippen LogP contribution >= 0.6 is 0 Å². The number of hydrogen-bond acceptors (Lipinski definition) is 5. The predicted molar refractivity (Wildman–Crippen MR) is 86.5 cm³/mol. The lowest BCUT2D eigenvalue weighted by molar-refractivity contribution is 0.469. The average Bonchev–Trinajstić information content (AvgIpc) is 2.99. The first kappa shape index (κ1) is 14.5. The molecular formula is C17H20N4O. The van der Waals surface area contributed by atoms with Gasteiger partial charge in [0, 0.05) is 30.7 Å². The van der Waals surface area contributed by atoms with Gasteiger partial charge in [-0.1, -0.05) is 37.1 Å². The highest BCUT2D eigenvalue weighted by molar-refractivity contribution is 5.84. The summed E-state index contributed by atoms with van der Waals surface area (Å²) in [5.74, 6) is 1.32. The maximum absolute atomic E-state index is 5.62. The van der Waals surface area contributed by atoms with E-state index in [4.69, 9.17) is 4.42 Å². The van der Waals surface area contributed by atoms with Crippen LogP contribution in [0.15, 0.2) is 41.1 Å². The van der Waals surface area contributed by atoms with Crippen molar-refractivity contribution in [2.75, 3.05) is 5.32 Å². The molecule has 0 aliphatic carbocycles. The summed E-state index contributed by atoms with van der Waals surface area (Å²) in [6.45, 7) is 5.02. The molecule has 0 unspecified atom stereocenters. The lowest BCUT2D eigenvalue weighted by atomic mass is 10.1. The zero-order valence-electron chi connectivity index (χ0n) is 12.9. The van der Waals surface area contributed by atoms with Crippen molar-refractivity contribution >= 4 is 16.8 Å². The van der Waals surface area contributed by atoms with Crippen molar-refractivity contribution in [3.05, 3.63) is 48.1 Å². The quantitative estimate of drug-likeness (QED) is 0.749. The fourth-order valence-corrected chi connectivity index (χ4v) is 2.35. The molecule has 3 aromatic rings. The Bertz CT molecular complexity index is 746. The molecule has 0 spiro atoms. The van der Waals surface area contributed by atoms with E-state index < -0.39 is 0 Å². The van der Waals surface area contributed by atoms with Crippen LogP contribution in [0.5, 0.6) is 0 Å². The van der Waals surface area contributed by atoms with Gasteiger partial charge in [0.15, 0.2) is 0 Å². The average molecular weight is 296 g/mol. The van der Waals surface area contributed by atoms with Crippen LogP contribution in [0.1, 0.15) is 31.7 Å². The van der Waals surface area contributed by atoms with Gasteiger partial charge in [-0.2, -0.15) is 0 Å². The van der Waals surface area contributed by atoms with Crippen LogP contribution in [0.4, 0.5) is 6.01 Å². The molecule has 3 rings (SSSR count). The first-order valence-electron chi connectivity index (χ1n) is 7.60. The second kappa shape index (κ2) is 6.56. The van der Waals surface area contributed by atoms with Crippen LogP contribution in [0.25, 0.3) is 10.8 Å². The largest absolute Gasteiger partial charge is 0.408 e. The number of anilines is 1. The molecular weight excluding hydrogens is 276 g/mol. The van der Waals surface area contributed by atoms with Crippen molar-refractivity contribution in [3.8, 4) is 0 Å². The zero-order chi connectivity index (χ0) is 15.4. The lowest BCUT2D eigenvalue weighted by Gasteiger charge is -2.06. The molecule has 2 heterocycles. The number of rotatable bonds is 6. The molecule has 0 aliphatic heterocycles. The monoisotopic (exact) mass is 296 g/mol. The van der Waals surface area contributed by atoms with Gasteiger partial charge in [-0.3, -0.25) is 4.98 Å². The fraction of sp³-hybridized carbons (Fsp3) is 0.353. The van der Waals surface area contributed by atoms with Crippen LogP contribution in [0.3, 0.4) is 0 Å². The Morgan fingerprint density at radius 1 is 1.18 bits per heavy atom. The minimum absolute atomic E-state index is 0.477. The Morgan fingerprint density at radius 2 is 2.09 bits per heavy atom. The Balaban J connectivity index is 1.67. The normalized spacial score (nSPS) is 11.2. The first-order chi connectivity index (χ1) is 10.7. The molecule has 0 fully saturated rings. The second-order valence-electron chi connectivity index (χ2n) is 5.80. The molecule has 22 heavy (non-hydrogen) atoms. The molecule has 0 aliphatic rings. The fourth-order valence-electron chi connectivity index (χ4n) is 2.35. The Morgan fingerprint density at radius 3 is 2.95 bits per heavy atom. The highest BCUT2D eigenvalue weighted by atomic mass is 16.4. The van der Waals surface area contributed by atoms with Crippen molar-refractivity contribution in [2.45, 2.75) is 33.2 Å². The maximum Gasteiger partial charge on any atom is 0.315 e. The van der Waals surface area contributed by atoms with Gasteiger partial charge in [0.2, 0.25) is 5.89 Å². The van der Waals surface area contributed by atoms with E-state index in [1.807, 2.05) is 24.5 Å². The Hall–Kier alpha value is -2.43. The molecule has 0 saturated carbocycles. The number of hydrogen-bond donors (Lipinski definition) is 1. The molecule has 1 N–H and O–H groups in total. The number of pyridine rings is 1. The van der Waals surface area contributed by atoms with Crippen LogP contribution in [0.2, 0.25) is 0 Å². The number of aryl methyl sites for hydroxylation is 1. The molecule has 1 aromatic carbocycles. The minimum atomic E-state index is 0.477. The smallest absolute Gasteiger partial charge is 0.315 e. The van der Waals surface area contributed by atoms with Gasteiger partial charge in [-0.15, -0.1) is 5.10 Å². The highest BCUT2D eigenvalue weighted by Crippen LogP contribution is 2.19. The minimum Gasteiger partial charge on any atom is -0.408 e. The third-order valence-electron chi connectivity index (χ3n) is 3.60. The molecule has 5 heteroatoms. The molecule has 5 nitrogen and oxygen atoms in total. The van der Waals surface area contributed by atoms with E-state index in [1.54, 1.807) is 0 Å². The van der Waals surface area contributed by atoms with E-state index in [2.05, 4.69) is 46.5 Å². The van der Waals surface area contributed by atoms with Crippen molar-refractivity contribution < 1.29 is 4.42 Å². The molecule has 0 atom stereocenters. The lowest BCUT2D eigenvalue weighted by Crippen LogP contribution is -2.00. The van der Waals surface area contributed by atoms with E-state index >= 15 is 0 Å².